The number of rotatable bonds is 4. The number of piperazine rings is 1. The number of carbonyl (C=O) groups is 1. The number of hydrogen-bond acceptors (Lipinski definition) is 6. The van der Waals surface area contributed by atoms with Crippen LogP contribution >= 0.6 is 0 Å². The fraction of sp³-hybridized carbons (Fsp3) is 0.333. The van der Waals surface area contributed by atoms with Gasteiger partial charge in [-0.05, 0) is 48.5 Å². The zero-order valence-corrected chi connectivity index (χ0v) is 18.0. The number of nitrogens with zero attached hydrogens (tertiary/aromatic N) is 4. The van der Waals surface area contributed by atoms with Crippen LogP contribution in [0.2, 0.25) is 0 Å². The highest BCUT2D eigenvalue weighted by molar-refractivity contribution is 7.89. The molecule has 164 valence electrons. The summed E-state index contributed by atoms with van der Waals surface area (Å²) in [4.78, 5) is 19.9. The third kappa shape index (κ3) is 4.48. The van der Waals surface area contributed by atoms with E-state index in [2.05, 4.69) is 15.2 Å². The van der Waals surface area contributed by atoms with Crippen molar-refractivity contribution in [1.29, 1.82) is 0 Å². The summed E-state index contributed by atoms with van der Waals surface area (Å²) in [5.74, 6) is -0.0253. The van der Waals surface area contributed by atoms with Gasteiger partial charge in [-0.1, -0.05) is 0 Å². The molecule has 31 heavy (non-hydrogen) atoms. The number of carbonyl (C=O) groups excluding carboxylic acids is 1. The van der Waals surface area contributed by atoms with Gasteiger partial charge in [0, 0.05) is 44.5 Å². The van der Waals surface area contributed by atoms with E-state index < -0.39 is 10.0 Å². The molecule has 1 amide bonds. The topological polar surface area (TPSA) is 85.3 Å². The van der Waals surface area contributed by atoms with E-state index in [9.17, 15) is 17.6 Å². The van der Waals surface area contributed by atoms with Gasteiger partial charge < -0.3 is 15.1 Å². The lowest BCUT2D eigenvalue weighted by Gasteiger charge is -2.38. The maximum atomic E-state index is 13.2. The Hall–Kier alpha value is -3.14. The van der Waals surface area contributed by atoms with E-state index in [1.54, 1.807) is 24.3 Å². The first-order chi connectivity index (χ1) is 14.8. The van der Waals surface area contributed by atoms with Crippen molar-refractivity contribution in [2.24, 2.45) is 4.99 Å². The molecule has 1 N–H and O–H groups in total. The Morgan fingerprint density at radius 1 is 0.935 bits per heavy atom. The van der Waals surface area contributed by atoms with Crippen LogP contribution in [0.1, 0.15) is 6.92 Å². The highest BCUT2D eigenvalue weighted by Crippen LogP contribution is 2.24. The lowest BCUT2D eigenvalue weighted by atomic mass is 10.2. The van der Waals surface area contributed by atoms with Gasteiger partial charge in [0.15, 0.2) is 0 Å². The van der Waals surface area contributed by atoms with E-state index in [0.717, 1.165) is 5.69 Å². The number of amides is 1. The molecule has 0 bridgehead atoms. The van der Waals surface area contributed by atoms with Crippen LogP contribution in [0.3, 0.4) is 0 Å². The molecule has 10 heteroatoms. The molecule has 4 rings (SSSR count). The zero-order chi connectivity index (χ0) is 22.0. The smallest absolute Gasteiger partial charge is 0.266 e. The Morgan fingerprint density at radius 3 is 2.16 bits per heavy atom. The molecule has 2 aliphatic rings. The molecule has 2 aliphatic heterocycles. The Labute approximate surface area is 181 Å². The monoisotopic (exact) mass is 445 g/mol. The van der Waals surface area contributed by atoms with Gasteiger partial charge in [0.2, 0.25) is 11.9 Å². The Kier molecular flexibility index (Phi) is 5.81. The second-order valence-electron chi connectivity index (χ2n) is 7.41. The van der Waals surface area contributed by atoms with Gasteiger partial charge >= 0.3 is 0 Å². The zero-order valence-electron chi connectivity index (χ0n) is 17.2. The maximum Gasteiger partial charge on any atom is 0.266 e. The lowest BCUT2D eigenvalue weighted by molar-refractivity contribution is -0.114. The predicted octanol–water partition coefficient (Wildman–Crippen LogP) is 1.97. The molecule has 0 unspecified atom stereocenters. The molecule has 0 radical (unpaired) electrons. The van der Waals surface area contributed by atoms with Gasteiger partial charge in [-0.15, -0.1) is 0 Å². The van der Waals surface area contributed by atoms with E-state index in [4.69, 9.17) is 0 Å². The Bertz CT molecular complexity index is 1080. The highest BCUT2D eigenvalue weighted by Gasteiger charge is 2.35. The SMILES string of the molecule is CC(=O)Nc1ccc(S(=O)(=O)N2CCN=C2N2CCN(c3ccc(F)cc3)CC2)cc1. The summed E-state index contributed by atoms with van der Waals surface area (Å²) in [7, 11) is -3.76. The van der Waals surface area contributed by atoms with Gasteiger partial charge in [-0.2, -0.15) is 0 Å². The maximum absolute atomic E-state index is 13.2. The average Bonchev–Trinajstić information content (AvgIpc) is 3.25. The summed E-state index contributed by atoms with van der Waals surface area (Å²) in [5, 5.41) is 2.63. The number of sulfonamides is 1. The number of anilines is 2. The minimum atomic E-state index is -3.76. The average molecular weight is 446 g/mol. The number of hydrogen-bond donors (Lipinski definition) is 1. The standard InChI is InChI=1S/C21H24FN5O3S/c1-16(28)24-18-4-8-20(9-5-18)31(29,30)27-11-10-23-21(27)26-14-12-25(13-15-26)19-6-2-17(22)3-7-19/h2-9H,10-15H2,1H3,(H,24,28). The molecule has 0 spiro atoms. The van der Waals surface area contributed by atoms with Crippen LogP contribution in [0.5, 0.6) is 0 Å². The van der Waals surface area contributed by atoms with E-state index in [1.165, 1.54) is 35.5 Å². The molecule has 2 aromatic rings. The molecule has 0 atom stereocenters. The van der Waals surface area contributed by atoms with Crippen molar-refractivity contribution in [3.05, 3.63) is 54.3 Å². The van der Waals surface area contributed by atoms with Crippen LogP contribution in [0, 0.1) is 5.82 Å². The van der Waals surface area contributed by atoms with Gasteiger partial charge in [0.05, 0.1) is 18.0 Å². The number of halogens is 1. The predicted molar refractivity (Wildman–Crippen MR) is 117 cm³/mol. The number of nitrogens with one attached hydrogen (secondary N) is 1. The Balaban J connectivity index is 1.45. The highest BCUT2D eigenvalue weighted by atomic mass is 32.2. The van der Waals surface area contributed by atoms with E-state index in [1.807, 2.05) is 4.90 Å². The van der Waals surface area contributed by atoms with Gasteiger partial charge in [-0.25, -0.2) is 17.1 Å². The Morgan fingerprint density at radius 2 is 1.55 bits per heavy atom. The molecule has 1 fully saturated rings. The van der Waals surface area contributed by atoms with Crippen molar-refractivity contribution in [3.63, 3.8) is 0 Å². The lowest BCUT2D eigenvalue weighted by Crippen LogP contribution is -2.53. The van der Waals surface area contributed by atoms with E-state index in [-0.39, 0.29) is 16.6 Å². The molecule has 8 nitrogen and oxygen atoms in total. The summed E-state index contributed by atoms with van der Waals surface area (Å²) in [6.45, 7) is 4.70. The minimum Gasteiger partial charge on any atom is -0.368 e. The molecule has 1 saturated heterocycles. The fourth-order valence-corrected chi connectivity index (χ4v) is 5.21. The van der Waals surface area contributed by atoms with Crippen LogP contribution < -0.4 is 10.2 Å². The molecular formula is C21H24FN5O3S. The summed E-state index contributed by atoms with van der Waals surface area (Å²) < 4.78 is 41.0. The molecule has 0 saturated carbocycles. The first kappa shape index (κ1) is 21.1. The van der Waals surface area contributed by atoms with Crippen LogP contribution in [0.25, 0.3) is 0 Å². The molecular weight excluding hydrogens is 421 g/mol. The van der Waals surface area contributed by atoms with E-state index >= 15 is 0 Å². The third-order valence-corrected chi connectivity index (χ3v) is 7.09. The summed E-state index contributed by atoms with van der Waals surface area (Å²) in [6.07, 6.45) is 0. The second-order valence-corrected chi connectivity index (χ2v) is 9.28. The molecule has 2 heterocycles. The van der Waals surface area contributed by atoms with Crippen LogP contribution in [-0.2, 0) is 14.8 Å². The first-order valence-corrected chi connectivity index (χ1v) is 11.5. The van der Waals surface area contributed by atoms with Crippen molar-refractivity contribution < 1.29 is 17.6 Å². The third-order valence-electron chi connectivity index (χ3n) is 5.30. The number of aliphatic imine (C=N–C) groups is 1. The van der Waals surface area contributed by atoms with Crippen molar-refractivity contribution in [2.45, 2.75) is 11.8 Å². The van der Waals surface area contributed by atoms with Crippen molar-refractivity contribution in [2.75, 3.05) is 49.5 Å². The minimum absolute atomic E-state index is 0.154. The van der Waals surface area contributed by atoms with Gasteiger partial charge in [0.25, 0.3) is 10.0 Å². The summed E-state index contributed by atoms with van der Waals surface area (Å²) in [5.41, 5.74) is 1.48. The molecule has 2 aromatic carbocycles. The first-order valence-electron chi connectivity index (χ1n) is 10.0. The van der Waals surface area contributed by atoms with Gasteiger partial charge in [0.1, 0.15) is 5.82 Å². The largest absolute Gasteiger partial charge is 0.368 e. The van der Waals surface area contributed by atoms with Crippen LogP contribution in [-0.4, -0.2) is 68.8 Å². The number of benzene rings is 2. The quantitative estimate of drug-likeness (QED) is 0.778. The molecule has 0 aliphatic carbocycles. The van der Waals surface area contributed by atoms with Crippen molar-refractivity contribution >= 4 is 33.3 Å². The molecule has 0 aromatic heterocycles. The van der Waals surface area contributed by atoms with Gasteiger partial charge in [-0.3, -0.25) is 9.79 Å². The second kappa shape index (κ2) is 8.54. The van der Waals surface area contributed by atoms with Crippen molar-refractivity contribution in [3.8, 4) is 0 Å². The normalized spacial score (nSPS) is 17.0. The van der Waals surface area contributed by atoms with Crippen LogP contribution in [0.15, 0.2) is 58.4 Å². The number of guanidine groups is 1. The van der Waals surface area contributed by atoms with E-state index in [0.29, 0.717) is 50.9 Å². The fourth-order valence-electron chi connectivity index (χ4n) is 3.76. The summed E-state index contributed by atoms with van der Waals surface area (Å²) in [6, 6.07) is 12.5. The van der Waals surface area contributed by atoms with Crippen LogP contribution in [0.4, 0.5) is 15.8 Å². The van der Waals surface area contributed by atoms with Crippen molar-refractivity contribution in [1.82, 2.24) is 9.21 Å². The summed E-state index contributed by atoms with van der Waals surface area (Å²) >= 11 is 0.